The van der Waals surface area contributed by atoms with Gasteiger partial charge in [-0.3, -0.25) is 4.79 Å². The van der Waals surface area contributed by atoms with E-state index in [9.17, 15) is 13.2 Å². The fourth-order valence-electron chi connectivity index (χ4n) is 2.60. The number of nitrogens with one attached hydrogen (secondary N) is 1. The van der Waals surface area contributed by atoms with Gasteiger partial charge in [-0.05, 0) is 37.8 Å². The molecular weight excluding hydrogens is 326 g/mol. The molecule has 6 nitrogen and oxygen atoms in total. The van der Waals surface area contributed by atoms with Gasteiger partial charge in [0.2, 0.25) is 5.91 Å². The van der Waals surface area contributed by atoms with E-state index in [0.717, 1.165) is 37.7 Å². The normalized spacial score (nSPS) is 17.3. The zero-order chi connectivity index (χ0) is 17.7. The first-order valence-electron chi connectivity index (χ1n) is 8.18. The minimum atomic E-state index is -3.52. The molecule has 0 bridgehead atoms. The highest BCUT2D eigenvalue weighted by Gasteiger charge is 2.27. The van der Waals surface area contributed by atoms with Crippen molar-refractivity contribution in [3.8, 4) is 0 Å². The van der Waals surface area contributed by atoms with Crippen molar-refractivity contribution in [1.82, 2.24) is 4.98 Å². The average Bonchev–Trinajstić information content (AvgIpc) is 2.55. The molecule has 1 atom stereocenters. The predicted molar refractivity (Wildman–Crippen MR) is 96.9 cm³/mol. The Kier molecular flexibility index (Phi) is 5.99. The molecule has 0 spiro atoms. The van der Waals surface area contributed by atoms with Crippen molar-refractivity contribution in [2.75, 3.05) is 29.1 Å². The third kappa shape index (κ3) is 4.56. The Morgan fingerprint density at radius 1 is 1.46 bits per heavy atom. The van der Waals surface area contributed by atoms with Crippen LogP contribution < -0.4 is 10.2 Å². The van der Waals surface area contributed by atoms with E-state index in [-0.39, 0.29) is 5.75 Å². The van der Waals surface area contributed by atoms with Crippen molar-refractivity contribution in [1.29, 1.82) is 0 Å². The lowest BCUT2D eigenvalue weighted by molar-refractivity contribution is -0.115. The summed E-state index contributed by atoms with van der Waals surface area (Å²) in [7, 11) is -3.52. The van der Waals surface area contributed by atoms with Gasteiger partial charge in [0.05, 0.1) is 17.6 Å². The summed E-state index contributed by atoms with van der Waals surface area (Å²) in [5.74, 6) is 0.857. The molecule has 2 heterocycles. The molecule has 1 fully saturated rings. The fraction of sp³-hybridized carbons (Fsp3) is 0.529. The van der Waals surface area contributed by atoms with Gasteiger partial charge in [-0.15, -0.1) is 6.58 Å². The molecule has 2 rings (SSSR count). The van der Waals surface area contributed by atoms with Crippen LogP contribution >= 0.6 is 0 Å². The van der Waals surface area contributed by atoms with Gasteiger partial charge in [-0.2, -0.15) is 0 Å². The maximum Gasteiger partial charge on any atom is 0.242 e. The summed E-state index contributed by atoms with van der Waals surface area (Å²) in [5.41, 5.74) is 0.495. The zero-order valence-electron chi connectivity index (χ0n) is 14.2. The first-order valence-corrected chi connectivity index (χ1v) is 9.89. The second-order valence-electron chi connectivity index (χ2n) is 6.32. The van der Waals surface area contributed by atoms with Crippen molar-refractivity contribution >= 4 is 27.2 Å². The summed E-state index contributed by atoms with van der Waals surface area (Å²) in [5, 5.41) is 1.48. The van der Waals surface area contributed by atoms with E-state index >= 15 is 0 Å². The number of aromatic nitrogens is 1. The SMILES string of the molecule is C=CCS(=O)(=O)C(C)C(=O)Nc1ccc(N2CCC(C)CC2)nc1. The first-order chi connectivity index (χ1) is 11.3. The first kappa shape index (κ1) is 18.4. The Morgan fingerprint density at radius 2 is 2.12 bits per heavy atom. The standard InChI is InChI=1S/C17H25N3O3S/c1-4-11-24(22,23)14(3)17(21)19-15-5-6-16(18-12-15)20-9-7-13(2)8-10-20/h4-6,12-14H,1,7-11H2,2-3H3,(H,19,21). The number of sulfone groups is 1. The van der Waals surface area contributed by atoms with Crippen LogP contribution in [0.5, 0.6) is 0 Å². The van der Waals surface area contributed by atoms with Crippen molar-refractivity contribution in [2.45, 2.75) is 31.9 Å². The number of piperidine rings is 1. The van der Waals surface area contributed by atoms with E-state index in [1.165, 1.54) is 13.0 Å². The molecule has 1 aliphatic heterocycles. The molecule has 0 saturated carbocycles. The number of nitrogens with zero attached hydrogens (tertiary/aromatic N) is 2. The Morgan fingerprint density at radius 3 is 2.67 bits per heavy atom. The van der Waals surface area contributed by atoms with Gasteiger partial charge < -0.3 is 10.2 Å². The lowest BCUT2D eigenvalue weighted by atomic mass is 9.99. The molecule has 1 aliphatic rings. The van der Waals surface area contributed by atoms with Gasteiger partial charge in [0, 0.05) is 13.1 Å². The number of amides is 1. The smallest absolute Gasteiger partial charge is 0.242 e. The Bertz CT molecular complexity index is 678. The minimum Gasteiger partial charge on any atom is -0.357 e. The molecule has 0 aromatic carbocycles. The maximum absolute atomic E-state index is 12.1. The van der Waals surface area contributed by atoms with Crippen LogP contribution in [0.4, 0.5) is 11.5 Å². The summed E-state index contributed by atoms with van der Waals surface area (Å²) in [6.07, 6.45) is 5.16. The van der Waals surface area contributed by atoms with Gasteiger partial charge in [-0.1, -0.05) is 13.0 Å². The van der Waals surface area contributed by atoms with Crippen LogP contribution in [0, 0.1) is 5.92 Å². The van der Waals surface area contributed by atoms with Crippen LogP contribution in [0.25, 0.3) is 0 Å². The van der Waals surface area contributed by atoms with Gasteiger partial charge >= 0.3 is 0 Å². The fourth-order valence-corrected chi connectivity index (χ4v) is 3.60. The predicted octanol–water partition coefficient (Wildman–Crippen LogP) is 2.25. The number of anilines is 2. The highest BCUT2D eigenvalue weighted by atomic mass is 32.2. The number of pyridine rings is 1. The van der Waals surface area contributed by atoms with E-state index in [2.05, 4.69) is 28.7 Å². The number of carbonyl (C=O) groups excluding carboxylic acids is 1. The van der Waals surface area contributed by atoms with E-state index < -0.39 is 21.0 Å². The summed E-state index contributed by atoms with van der Waals surface area (Å²) in [4.78, 5) is 18.7. The Balaban J connectivity index is 1.98. The third-order valence-electron chi connectivity index (χ3n) is 4.38. The topological polar surface area (TPSA) is 79.4 Å². The second-order valence-corrected chi connectivity index (χ2v) is 8.69. The summed E-state index contributed by atoms with van der Waals surface area (Å²) < 4.78 is 23.8. The summed E-state index contributed by atoms with van der Waals surface area (Å²) in [6, 6.07) is 3.61. The average molecular weight is 351 g/mol. The lowest BCUT2D eigenvalue weighted by Gasteiger charge is -2.31. The van der Waals surface area contributed by atoms with Crippen LogP contribution in [-0.4, -0.2) is 43.4 Å². The number of hydrogen-bond acceptors (Lipinski definition) is 5. The van der Waals surface area contributed by atoms with Gasteiger partial charge in [0.1, 0.15) is 11.1 Å². The van der Waals surface area contributed by atoms with E-state index in [1.54, 1.807) is 12.3 Å². The number of rotatable bonds is 6. The quantitative estimate of drug-likeness (QED) is 0.795. The summed E-state index contributed by atoms with van der Waals surface area (Å²) in [6.45, 7) is 9.01. The molecule has 1 N–H and O–H groups in total. The lowest BCUT2D eigenvalue weighted by Crippen LogP contribution is -2.34. The van der Waals surface area contributed by atoms with Crippen LogP contribution in [0.1, 0.15) is 26.7 Å². The highest BCUT2D eigenvalue weighted by molar-refractivity contribution is 7.92. The van der Waals surface area contributed by atoms with Crippen molar-refractivity contribution < 1.29 is 13.2 Å². The van der Waals surface area contributed by atoms with Crippen molar-refractivity contribution in [3.63, 3.8) is 0 Å². The molecule has 7 heteroatoms. The monoisotopic (exact) mass is 351 g/mol. The molecule has 0 radical (unpaired) electrons. The Labute approximate surface area is 143 Å². The third-order valence-corrected chi connectivity index (χ3v) is 6.37. The minimum absolute atomic E-state index is 0.216. The molecule has 0 aliphatic carbocycles. The summed E-state index contributed by atoms with van der Waals surface area (Å²) >= 11 is 0. The second kappa shape index (κ2) is 7.79. The van der Waals surface area contributed by atoms with Crippen LogP contribution in [0.2, 0.25) is 0 Å². The molecular formula is C17H25N3O3S. The number of carbonyl (C=O) groups is 1. The maximum atomic E-state index is 12.1. The van der Waals surface area contributed by atoms with E-state index in [1.807, 2.05) is 6.07 Å². The molecule has 132 valence electrons. The van der Waals surface area contributed by atoms with Gasteiger partial charge in [0.25, 0.3) is 0 Å². The van der Waals surface area contributed by atoms with Crippen molar-refractivity contribution in [3.05, 3.63) is 31.0 Å². The molecule has 1 saturated heterocycles. The number of hydrogen-bond donors (Lipinski definition) is 1. The molecule has 1 aromatic heterocycles. The molecule has 1 unspecified atom stereocenters. The van der Waals surface area contributed by atoms with Crippen molar-refractivity contribution in [2.24, 2.45) is 5.92 Å². The zero-order valence-corrected chi connectivity index (χ0v) is 15.1. The van der Waals surface area contributed by atoms with Crippen LogP contribution in [0.15, 0.2) is 31.0 Å². The van der Waals surface area contributed by atoms with Crippen LogP contribution in [0.3, 0.4) is 0 Å². The highest BCUT2D eigenvalue weighted by Crippen LogP contribution is 2.22. The van der Waals surface area contributed by atoms with E-state index in [0.29, 0.717) is 5.69 Å². The van der Waals surface area contributed by atoms with Crippen LogP contribution in [-0.2, 0) is 14.6 Å². The molecule has 1 aromatic rings. The Hall–Kier alpha value is -1.89. The molecule has 24 heavy (non-hydrogen) atoms. The largest absolute Gasteiger partial charge is 0.357 e. The van der Waals surface area contributed by atoms with Gasteiger partial charge in [0.15, 0.2) is 9.84 Å². The van der Waals surface area contributed by atoms with Gasteiger partial charge in [-0.25, -0.2) is 13.4 Å². The van der Waals surface area contributed by atoms with E-state index in [4.69, 9.17) is 0 Å². The molecule has 1 amide bonds.